The predicted octanol–water partition coefficient (Wildman–Crippen LogP) is 6.85. The molecule has 1 aliphatic rings. The lowest BCUT2D eigenvalue weighted by atomic mass is 9.94. The zero-order valence-corrected chi connectivity index (χ0v) is 22.9. The summed E-state index contributed by atoms with van der Waals surface area (Å²) in [5.41, 5.74) is 5.96. The van der Waals surface area contributed by atoms with Gasteiger partial charge >= 0.3 is 0 Å². The van der Waals surface area contributed by atoms with Gasteiger partial charge in [0.1, 0.15) is 5.76 Å². The number of anilines is 2. The van der Waals surface area contributed by atoms with Crippen molar-refractivity contribution in [3.05, 3.63) is 98.5 Å². The number of rotatable bonds is 6. The molecule has 36 heavy (non-hydrogen) atoms. The molecule has 4 rings (SSSR count). The van der Waals surface area contributed by atoms with Crippen molar-refractivity contribution < 1.29 is 14.7 Å². The molecule has 1 heterocycles. The van der Waals surface area contributed by atoms with Gasteiger partial charge in [0.25, 0.3) is 11.7 Å². The highest BCUT2D eigenvalue weighted by molar-refractivity contribution is 9.10. The summed E-state index contributed by atoms with van der Waals surface area (Å²) in [5, 5.41) is 11.4. The van der Waals surface area contributed by atoms with Gasteiger partial charge in [-0.25, -0.2) is 0 Å². The van der Waals surface area contributed by atoms with Gasteiger partial charge in [-0.2, -0.15) is 0 Å². The molecule has 1 fully saturated rings. The van der Waals surface area contributed by atoms with Gasteiger partial charge in [-0.1, -0.05) is 51.8 Å². The molecule has 1 atom stereocenters. The standard InChI is InChI=1S/C30H31BrN2O3/c1-6-32(7-2)23-12-9-21(10-13-23)27-26(28(34)22-11-14-24(31)19(4)17-22)29(35)30(36)33(27)25-15-8-18(3)16-20(25)5/h8-17,27,34H,6-7H2,1-5H3/b28-26+. The van der Waals surface area contributed by atoms with Crippen LogP contribution in [0.1, 0.15) is 47.7 Å². The Hall–Kier alpha value is -3.38. The van der Waals surface area contributed by atoms with Gasteiger partial charge in [-0.15, -0.1) is 0 Å². The Labute approximate surface area is 221 Å². The molecule has 0 spiro atoms. The first-order chi connectivity index (χ1) is 17.2. The van der Waals surface area contributed by atoms with E-state index in [4.69, 9.17) is 0 Å². The monoisotopic (exact) mass is 546 g/mol. The number of carbonyl (C=O) groups is 2. The fourth-order valence-corrected chi connectivity index (χ4v) is 5.12. The Morgan fingerprint density at radius 1 is 0.917 bits per heavy atom. The third kappa shape index (κ3) is 4.58. The van der Waals surface area contributed by atoms with Gasteiger partial charge in [0.05, 0.1) is 11.6 Å². The normalized spacial score (nSPS) is 17.1. The first kappa shape index (κ1) is 25.7. The third-order valence-electron chi connectivity index (χ3n) is 6.83. The van der Waals surface area contributed by atoms with Crippen LogP contribution in [-0.2, 0) is 9.59 Å². The fraction of sp³-hybridized carbons (Fsp3) is 0.267. The second kappa shape index (κ2) is 10.3. The topological polar surface area (TPSA) is 60.9 Å². The number of aliphatic hydroxyl groups is 1. The van der Waals surface area contributed by atoms with E-state index in [1.54, 1.807) is 6.07 Å². The molecule has 6 heteroatoms. The summed E-state index contributed by atoms with van der Waals surface area (Å²) in [5.74, 6) is -1.50. The van der Waals surface area contributed by atoms with Crippen molar-refractivity contribution in [1.29, 1.82) is 0 Å². The Kier molecular flexibility index (Phi) is 7.36. The summed E-state index contributed by atoms with van der Waals surface area (Å²) in [6.45, 7) is 11.8. The summed E-state index contributed by atoms with van der Waals surface area (Å²) >= 11 is 3.49. The summed E-state index contributed by atoms with van der Waals surface area (Å²) < 4.78 is 0.901. The van der Waals surface area contributed by atoms with Crippen LogP contribution in [0.5, 0.6) is 0 Å². The smallest absolute Gasteiger partial charge is 0.300 e. The van der Waals surface area contributed by atoms with E-state index in [0.717, 1.165) is 45.5 Å². The number of hydrogen-bond acceptors (Lipinski definition) is 4. The first-order valence-corrected chi connectivity index (χ1v) is 13.0. The van der Waals surface area contributed by atoms with Crippen molar-refractivity contribution in [1.82, 2.24) is 0 Å². The highest BCUT2D eigenvalue weighted by atomic mass is 79.9. The molecule has 1 amide bonds. The minimum atomic E-state index is -0.749. The van der Waals surface area contributed by atoms with Crippen LogP contribution in [0.25, 0.3) is 5.76 Å². The van der Waals surface area contributed by atoms with Crippen LogP contribution in [-0.4, -0.2) is 29.9 Å². The molecule has 0 aromatic heterocycles. The highest BCUT2D eigenvalue weighted by Crippen LogP contribution is 2.43. The summed E-state index contributed by atoms with van der Waals surface area (Å²) in [6, 6.07) is 18.3. The molecule has 1 N–H and O–H groups in total. The van der Waals surface area contributed by atoms with E-state index in [1.165, 1.54) is 4.90 Å². The number of ketones is 1. The average molecular weight is 547 g/mol. The van der Waals surface area contributed by atoms with Gasteiger partial charge in [-0.05, 0) is 81.6 Å². The number of hydrogen-bond donors (Lipinski definition) is 1. The van der Waals surface area contributed by atoms with E-state index in [2.05, 4.69) is 34.7 Å². The lowest BCUT2D eigenvalue weighted by Crippen LogP contribution is -2.30. The molecule has 1 saturated heterocycles. The molecule has 186 valence electrons. The number of carbonyl (C=O) groups excluding carboxylic acids is 2. The van der Waals surface area contributed by atoms with E-state index in [1.807, 2.05) is 75.4 Å². The minimum absolute atomic E-state index is 0.0947. The molecule has 1 aliphatic heterocycles. The fourth-order valence-electron chi connectivity index (χ4n) is 4.88. The second-order valence-electron chi connectivity index (χ2n) is 9.19. The van der Waals surface area contributed by atoms with Crippen molar-refractivity contribution in [2.24, 2.45) is 0 Å². The number of nitrogens with zero attached hydrogens (tertiary/aromatic N) is 2. The van der Waals surface area contributed by atoms with E-state index in [9.17, 15) is 14.7 Å². The van der Waals surface area contributed by atoms with E-state index < -0.39 is 17.7 Å². The summed E-state index contributed by atoms with van der Waals surface area (Å²) in [7, 11) is 0. The number of amides is 1. The maximum atomic E-state index is 13.5. The van der Waals surface area contributed by atoms with Crippen LogP contribution in [0.15, 0.2) is 70.7 Å². The summed E-state index contributed by atoms with van der Waals surface area (Å²) in [6.07, 6.45) is 0. The number of benzene rings is 3. The van der Waals surface area contributed by atoms with Crippen molar-refractivity contribution in [3.63, 3.8) is 0 Å². The average Bonchev–Trinajstić information content (AvgIpc) is 3.12. The molecular weight excluding hydrogens is 516 g/mol. The predicted molar refractivity (Wildman–Crippen MR) is 150 cm³/mol. The van der Waals surface area contributed by atoms with Crippen LogP contribution >= 0.6 is 15.9 Å². The van der Waals surface area contributed by atoms with Crippen LogP contribution in [0, 0.1) is 20.8 Å². The van der Waals surface area contributed by atoms with Crippen molar-refractivity contribution in [2.45, 2.75) is 40.7 Å². The Balaban J connectivity index is 1.93. The van der Waals surface area contributed by atoms with Gasteiger partial charge < -0.3 is 10.0 Å². The minimum Gasteiger partial charge on any atom is -0.507 e. The van der Waals surface area contributed by atoms with Crippen molar-refractivity contribution in [3.8, 4) is 0 Å². The number of halogens is 1. The first-order valence-electron chi connectivity index (χ1n) is 12.2. The van der Waals surface area contributed by atoms with Gasteiger partial charge in [-0.3, -0.25) is 14.5 Å². The van der Waals surface area contributed by atoms with E-state index in [0.29, 0.717) is 11.3 Å². The summed E-state index contributed by atoms with van der Waals surface area (Å²) in [4.78, 5) is 30.7. The van der Waals surface area contributed by atoms with Crippen LogP contribution in [0.4, 0.5) is 11.4 Å². The van der Waals surface area contributed by atoms with Crippen LogP contribution < -0.4 is 9.80 Å². The van der Waals surface area contributed by atoms with Gasteiger partial charge in [0, 0.05) is 34.5 Å². The van der Waals surface area contributed by atoms with Gasteiger partial charge in [0.2, 0.25) is 0 Å². The highest BCUT2D eigenvalue weighted by Gasteiger charge is 2.47. The van der Waals surface area contributed by atoms with E-state index in [-0.39, 0.29) is 11.3 Å². The molecule has 0 bridgehead atoms. The third-order valence-corrected chi connectivity index (χ3v) is 7.71. The number of aliphatic hydroxyl groups excluding tert-OH is 1. The Morgan fingerprint density at radius 2 is 1.58 bits per heavy atom. The number of Topliss-reactive ketones (excluding diaryl/α,β-unsaturated/α-hetero) is 1. The zero-order valence-electron chi connectivity index (χ0n) is 21.3. The SMILES string of the molecule is CCN(CC)c1ccc(C2/C(=C(\O)c3ccc(Br)c(C)c3)C(=O)C(=O)N2c2ccc(C)cc2C)cc1. The molecule has 3 aromatic carbocycles. The Morgan fingerprint density at radius 3 is 2.17 bits per heavy atom. The van der Waals surface area contributed by atoms with Crippen molar-refractivity contribution in [2.75, 3.05) is 22.9 Å². The molecule has 3 aromatic rings. The largest absolute Gasteiger partial charge is 0.507 e. The molecular formula is C30H31BrN2O3. The lowest BCUT2D eigenvalue weighted by Gasteiger charge is -2.28. The Bertz CT molecular complexity index is 1360. The lowest BCUT2D eigenvalue weighted by molar-refractivity contribution is -0.132. The molecule has 0 aliphatic carbocycles. The van der Waals surface area contributed by atoms with Crippen molar-refractivity contribution >= 4 is 44.8 Å². The molecule has 1 unspecified atom stereocenters. The quantitative estimate of drug-likeness (QED) is 0.208. The molecule has 0 saturated carbocycles. The van der Waals surface area contributed by atoms with Gasteiger partial charge in [0.15, 0.2) is 0 Å². The maximum Gasteiger partial charge on any atom is 0.300 e. The van der Waals surface area contributed by atoms with E-state index >= 15 is 0 Å². The molecule has 5 nitrogen and oxygen atoms in total. The van der Waals surface area contributed by atoms with Crippen LogP contribution in [0.2, 0.25) is 0 Å². The second-order valence-corrected chi connectivity index (χ2v) is 10.0. The molecule has 0 radical (unpaired) electrons. The van der Waals surface area contributed by atoms with Crippen LogP contribution in [0.3, 0.4) is 0 Å². The zero-order chi connectivity index (χ0) is 26.1. The number of aryl methyl sites for hydroxylation is 3. The maximum absolute atomic E-state index is 13.5.